The summed E-state index contributed by atoms with van der Waals surface area (Å²) < 4.78 is 0.811. The van der Waals surface area contributed by atoms with Crippen LogP contribution < -0.4 is 11.1 Å². The number of fused-ring (bicyclic) bond motifs is 1. The smallest absolute Gasteiger partial charge is 0.257 e. The minimum absolute atomic E-state index is 0.118. The van der Waals surface area contributed by atoms with Gasteiger partial charge >= 0.3 is 0 Å². The lowest BCUT2D eigenvalue weighted by Crippen LogP contribution is -2.11. The van der Waals surface area contributed by atoms with E-state index in [1.54, 1.807) is 18.2 Å². The Hall–Kier alpha value is -2.73. The number of ketones is 1. The Morgan fingerprint density at radius 1 is 0.853 bits per heavy atom. The Balaban J connectivity index is 1.43. The van der Waals surface area contributed by atoms with Crippen LogP contribution in [0.15, 0.2) is 42.5 Å². The molecule has 0 saturated heterocycles. The number of amides is 1. The molecule has 0 aliphatic rings. The van der Waals surface area contributed by atoms with Crippen LogP contribution in [0.25, 0.3) is 10.2 Å². The number of carbonyl (C=O) groups excluding carboxylic acids is 2. The molecule has 5 nitrogen and oxygen atoms in total. The molecule has 182 valence electrons. The lowest BCUT2D eigenvalue weighted by atomic mass is 10.0. The molecule has 1 amide bonds. The molecule has 3 N–H and O–H groups in total. The number of nitrogens with one attached hydrogen (secondary N) is 1. The summed E-state index contributed by atoms with van der Waals surface area (Å²) in [5, 5.41) is 3.30. The number of rotatable bonds is 15. The van der Waals surface area contributed by atoms with Crippen molar-refractivity contribution in [1.29, 1.82) is 0 Å². The van der Waals surface area contributed by atoms with Gasteiger partial charge in [-0.2, -0.15) is 0 Å². The van der Waals surface area contributed by atoms with E-state index >= 15 is 0 Å². The summed E-state index contributed by atoms with van der Waals surface area (Å²) >= 11 is 1.34. The number of thiazole rings is 1. The van der Waals surface area contributed by atoms with Crippen molar-refractivity contribution in [3.8, 4) is 0 Å². The highest BCUT2D eigenvalue weighted by Crippen LogP contribution is 2.32. The number of hydrogen-bond acceptors (Lipinski definition) is 5. The van der Waals surface area contributed by atoms with Gasteiger partial charge in [-0.15, -0.1) is 0 Å². The molecule has 3 rings (SSSR count). The van der Waals surface area contributed by atoms with Gasteiger partial charge in [0.15, 0.2) is 10.9 Å². The fourth-order valence-corrected chi connectivity index (χ4v) is 5.06. The number of anilines is 2. The van der Waals surface area contributed by atoms with Gasteiger partial charge in [-0.05, 0) is 30.7 Å². The van der Waals surface area contributed by atoms with Crippen molar-refractivity contribution in [2.24, 2.45) is 0 Å². The van der Waals surface area contributed by atoms with Gasteiger partial charge < -0.3 is 5.73 Å². The minimum Gasteiger partial charge on any atom is -0.397 e. The number of nitrogen functional groups attached to an aromatic ring is 1. The maximum Gasteiger partial charge on any atom is 0.257 e. The summed E-state index contributed by atoms with van der Waals surface area (Å²) in [5.74, 6) is -0.0983. The zero-order valence-corrected chi connectivity index (χ0v) is 21.1. The van der Waals surface area contributed by atoms with Crippen molar-refractivity contribution < 1.29 is 9.59 Å². The van der Waals surface area contributed by atoms with Crippen LogP contribution in [0.5, 0.6) is 0 Å². The summed E-state index contributed by atoms with van der Waals surface area (Å²) in [4.78, 5) is 29.6. The average molecular weight is 480 g/mol. The average Bonchev–Trinajstić information content (AvgIpc) is 3.26. The first kappa shape index (κ1) is 25.9. The van der Waals surface area contributed by atoms with Crippen molar-refractivity contribution in [2.75, 3.05) is 11.1 Å². The molecule has 0 radical (unpaired) electrons. The van der Waals surface area contributed by atoms with Crippen molar-refractivity contribution in [2.45, 2.75) is 84.0 Å². The molecule has 0 bridgehead atoms. The van der Waals surface area contributed by atoms with Crippen molar-refractivity contribution >= 4 is 44.1 Å². The van der Waals surface area contributed by atoms with Gasteiger partial charge in [0.05, 0.1) is 10.4 Å². The van der Waals surface area contributed by atoms with E-state index in [0.717, 1.165) is 17.5 Å². The molecule has 0 aliphatic heterocycles. The predicted molar refractivity (Wildman–Crippen MR) is 144 cm³/mol. The molecule has 0 fully saturated rings. The molecular weight excluding hydrogens is 442 g/mol. The van der Waals surface area contributed by atoms with Crippen LogP contribution in [0, 0.1) is 0 Å². The third-order valence-corrected chi connectivity index (χ3v) is 7.03. The van der Waals surface area contributed by atoms with E-state index in [1.807, 2.05) is 24.3 Å². The van der Waals surface area contributed by atoms with E-state index in [0.29, 0.717) is 33.9 Å². The normalized spacial score (nSPS) is 11.1. The first-order valence-electron chi connectivity index (χ1n) is 12.7. The highest BCUT2D eigenvalue weighted by Gasteiger charge is 2.15. The van der Waals surface area contributed by atoms with Gasteiger partial charge in [-0.3, -0.25) is 14.9 Å². The van der Waals surface area contributed by atoms with E-state index < -0.39 is 0 Å². The minimum atomic E-state index is -0.217. The van der Waals surface area contributed by atoms with E-state index in [-0.39, 0.29) is 11.7 Å². The van der Waals surface area contributed by atoms with Gasteiger partial charge in [-0.1, -0.05) is 101 Å². The lowest BCUT2D eigenvalue weighted by molar-refractivity contribution is 0.0978. The van der Waals surface area contributed by atoms with Crippen LogP contribution in [0.4, 0.5) is 10.8 Å². The summed E-state index contributed by atoms with van der Waals surface area (Å²) in [6, 6.07) is 12.6. The van der Waals surface area contributed by atoms with Gasteiger partial charge in [0.2, 0.25) is 0 Å². The Morgan fingerprint density at radius 3 is 2.12 bits per heavy atom. The summed E-state index contributed by atoms with van der Waals surface area (Å²) in [7, 11) is 0. The molecule has 0 atom stereocenters. The van der Waals surface area contributed by atoms with Crippen LogP contribution in [0.1, 0.15) is 105 Å². The number of benzene rings is 2. The highest BCUT2D eigenvalue weighted by molar-refractivity contribution is 7.22. The summed E-state index contributed by atoms with van der Waals surface area (Å²) in [5.41, 5.74) is 8.48. The number of nitrogens with two attached hydrogens (primary N) is 1. The first-order valence-corrected chi connectivity index (χ1v) is 13.5. The van der Waals surface area contributed by atoms with Crippen LogP contribution >= 0.6 is 11.3 Å². The molecule has 0 spiro atoms. The zero-order chi connectivity index (χ0) is 24.2. The van der Waals surface area contributed by atoms with Crippen molar-refractivity contribution in [3.63, 3.8) is 0 Å². The van der Waals surface area contributed by atoms with Crippen LogP contribution in [0.2, 0.25) is 0 Å². The maximum absolute atomic E-state index is 12.7. The van der Waals surface area contributed by atoms with Gasteiger partial charge in [0.1, 0.15) is 5.52 Å². The van der Waals surface area contributed by atoms with E-state index in [4.69, 9.17) is 5.73 Å². The predicted octanol–water partition coefficient (Wildman–Crippen LogP) is 8.01. The maximum atomic E-state index is 12.7. The number of aromatic nitrogens is 1. The fourth-order valence-electron chi connectivity index (χ4n) is 4.12. The third-order valence-electron chi connectivity index (χ3n) is 6.11. The van der Waals surface area contributed by atoms with E-state index in [1.165, 1.54) is 69.1 Å². The van der Waals surface area contributed by atoms with Crippen LogP contribution in [-0.4, -0.2) is 16.7 Å². The zero-order valence-electron chi connectivity index (χ0n) is 20.3. The second kappa shape index (κ2) is 13.9. The Labute approximate surface area is 207 Å². The quantitative estimate of drug-likeness (QED) is 0.131. The number of unbranched alkanes of at least 4 members (excludes halogenated alkanes) is 10. The van der Waals surface area contributed by atoms with E-state index in [9.17, 15) is 9.59 Å². The van der Waals surface area contributed by atoms with Gasteiger partial charge in [0.25, 0.3) is 5.91 Å². The Bertz CT molecular complexity index is 1060. The van der Waals surface area contributed by atoms with Crippen molar-refractivity contribution in [1.82, 2.24) is 4.98 Å². The number of nitrogens with zero attached hydrogens (tertiary/aromatic N) is 1. The number of carbonyl (C=O) groups is 2. The second-order valence-corrected chi connectivity index (χ2v) is 9.99. The second-order valence-electron chi connectivity index (χ2n) is 8.96. The number of Topliss-reactive ketones (excluding diaryl/α,β-unsaturated/α-hetero) is 1. The van der Waals surface area contributed by atoms with Gasteiger partial charge in [0, 0.05) is 17.5 Å². The molecule has 34 heavy (non-hydrogen) atoms. The van der Waals surface area contributed by atoms with Crippen LogP contribution in [0.3, 0.4) is 0 Å². The summed E-state index contributed by atoms with van der Waals surface area (Å²) in [6.45, 7) is 2.25. The number of hydrogen-bond donors (Lipinski definition) is 2. The molecule has 1 heterocycles. The molecule has 0 unspecified atom stereocenters. The monoisotopic (exact) mass is 479 g/mol. The first-order chi connectivity index (χ1) is 16.6. The highest BCUT2D eigenvalue weighted by atomic mass is 32.1. The summed E-state index contributed by atoms with van der Waals surface area (Å²) in [6.07, 6.45) is 14.4. The molecule has 0 aliphatic carbocycles. The standard InChI is InChI=1S/C28H37N3O2S/c1-2-3-4-5-6-7-8-9-10-11-15-18-24(32)22-19-23(29)26-25(20-22)34-28(30-26)31-27(33)21-16-13-12-14-17-21/h12-14,16-17,19-20H,2-11,15,18,29H2,1H3,(H,30,31,33). The Morgan fingerprint density at radius 2 is 1.47 bits per heavy atom. The Kier molecular flexibility index (Phi) is 10.5. The topological polar surface area (TPSA) is 85.1 Å². The SMILES string of the molecule is CCCCCCCCCCCCCC(=O)c1cc(N)c2nc(NC(=O)c3ccccc3)sc2c1. The third kappa shape index (κ3) is 7.94. The molecule has 0 saturated carbocycles. The molecule has 6 heteroatoms. The van der Waals surface area contributed by atoms with Crippen LogP contribution in [-0.2, 0) is 0 Å². The largest absolute Gasteiger partial charge is 0.397 e. The molecular formula is C28H37N3O2S. The molecule has 3 aromatic rings. The van der Waals surface area contributed by atoms with Gasteiger partial charge in [-0.25, -0.2) is 4.98 Å². The van der Waals surface area contributed by atoms with E-state index in [2.05, 4.69) is 17.2 Å². The molecule has 2 aromatic carbocycles. The molecule has 1 aromatic heterocycles. The fraction of sp³-hybridized carbons (Fsp3) is 0.464. The lowest BCUT2D eigenvalue weighted by Gasteiger charge is -2.04. The van der Waals surface area contributed by atoms with Crippen molar-refractivity contribution in [3.05, 3.63) is 53.6 Å².